The van der Waals surface area contributed by atoms with Crippen LogP contribution in [0.4, 0.5) is 0 Å². The van der Waals surface area contributed by atoms with Gasteiger partial charge in [0, 0.05) is 11.4 Å². The second-order valence-electron chi connectivity index (χ2n) is 6.79. The molecule has 2 aromatic rings. The molecule has 1 unspecified atom stereocenters. The van der Waals surface area contributed by atoms with Crippen LogP contribution in [-0.4, -0.2) is 11.9 Å². The van der Waals surface area contributed by atoms with Crippen molar-refractivity contribution >= 4 is 16.9 Å². The Hall–Kier alpha value is -2.03. The standard InChI is InChI=1S/C18H21NO2/c1-12-8-14(11-18(2,3)10-12)19-17(20)16-9-13-6-4-5-7-15(13)21-16/h4-9,14H,10-11H2,1-3H3,(H,19,20). The van der Waals surface area contributed by atoms with Crippen LogP contribution in [0.5, 0.6) is 0 Å². The minimum atomic E-state index is -0.141. The summed E-state index contributed by atoms with van der Waals surface area (Å²) in [5, 5.41) is 4.03. The Kier molecular flexibility index (Phi) is 3.36. The highest BCUT2D eigenvalue weighted by Gasteiger charge is 2.28. The van der Waals surface area contributed by atoms with Crippen molar-refractivity contribution in [3.8, 4) is 0 Å². The zero-order chi connectivity index (χ0) is 15.0. The first-order valence-electron chi connectivity index (χ1n) is 7.40. The number of allylic oxidation sites excluding steroid dienone is 1. The highest BCUT2D eigenvalue weighted by Crippen LogP contribution is 2.35. The Bertz CT molecular complexity index is 676. The van der Waals surface area contributed by atoms with Crippen LogP contribution in [0.2, 0.25) is 0 Å². The van der Waals surface area contributed by atoms with Gasteiger partial charge in [0.2, 0.25) is 0 Å². The molecule has 1 atom stereocenters. The van der Waals surface area contributed by atoms with Gasteiger partial charge in [0.15, 0.2) is 5.76 Å². The number of hydrogen-bond donors (Lipinski definition) is 1. The van der Waals surface area contributed by atoms with Crippen molar-refractivity contribution in [2.24, 2.45) is 5.41 Å². The molecule has 21 heavy (non-hydrogen) atoms. The number of para-hydroxylation sites is 1. The van der Waals surface area contributed by atoms with E-state index >= 15 is 0 Å². The van der Waals surface area contributed by atoms with Gasteiger partial charge < -0.3 is 9.73 Å². The molecule has 0 spiro atoms. The lowest BCUT2D eigenvalue weighted by atomic mass is 9.76. The molecule has 0 saturated heterocycles. The summed E-state index contributed by atoms with van der Waals surface area (Å²) in [6, 6.07) is 9.55. The highest BCUT2D eigenvalue weighted by molar-refractivity contribution is 5.96. The number of benzene rings is 1. The maximum atomic E-state index is 12.4. The van der Waals surface area contributed by atoms with E-state index in [0.29, 0.717) is 5.76 Å². The number of nitrogens with one attached hydrogen (secondary N) is 1. The van der Waals surface area contributed by atoms with Crippen LogP contribution < -0.4 is 5.32 Å². The first-order chi connectivity index (χ1) is 9.93. The van der Waals surface area contributed by atoms with Gasteiger partial charge in [-0.2, -0.15) is 0 Å². The van der Waals surface area contributed by atoms with E-state index < -0.39 is 0 Å². The number of fused-ring (bicyclic) bond motifs is 1. The summed E-state index contributed by atoms with van der Waals surface area (Å²) in [6.45, 7) is 6.61. The average Bonchev–Trinajstić information content (AvgIpc) is 2.79. The molecule has 0 radical (unpaired) electrons. The van der Waals surface area contributed by atoms with Crippen LogP contribution in [0.15, 0.2) is 46.4 Å². The third kappa shape index (κ3) is 3.02. The summed E-state index contributed by atoms with van der Waals surface area (Å²) in [5.74, 6) is 0.239. The predicted octanol–water partition coefficient (Wildman–Crippen LogP) is 4.30. The molecule has 0 fully saturated rings. The fourth-order valence-electron chi connectivity index (χ4n) is 3.31. The lowest BCUT2D eigenvalue weighted by Gasteiger charge is -2.34. The molecule has 1 aromatic heterocycles. The number of rotatable bonds is 2. The first-order valence-corrected chi connectivity index (χ1v) is 7.40. The van der Waals surface area contributed by atoms with Gasteiger partial charge in [-0.05, 0) is 37.3 Å². The molecule has 1 heterocycles. The average molecular weight is 283 g/mol. The second-order valence-corrected chi connectivity index (χ2v) is 6.79. The van der Waals surface area contributed by atoms with Crippen molar-refractivity contribution in [3.05, 3.63) is 47.7 Å². The summed E-state index contributed by atoms with van der Waals surface area (Å²) < 4.78 is 5.62. The van der Waals surface area contributed by atoms with Crippen LogP contribution in [0.3, 0.4) is 0 Å². The molecule has 1 N–H and O–H groups in total. The largest absolute Gasteiger partial charge is 0.451 e. The molecule has 0 saturated carbocycles. The number of carbonyl (C=O) groups is 1. The van der Waals surface area contributed by atoms with E-state index in [1.54, 1.807) is 6.07 Å². The van der Waals surface area contributed by atoms with Crippen molar-refractivity contribution in [2.75, 3.05) is 0 Å². The molecule has 3 rings (SSSR count). The van der Waals surface area contributed by atoms with Crippen LogP contribution in [-0.2, 0) is 0 Å². The zero-order valence-electron chi connectivity index (χ0n) is 12.8. The molecule has 1 aliphatic carbocycles. The molecule has 110 valence electrons. The third-order valence-electron chi connectivity index (χ3n) is 3.98. The van der Waals surface area contributed by atoms with Crippen molar-refractivity contribution < 1.29 is 9.21 Å². The van der Waals surface area contributed by atoms with Crippen molar-refractivity contribution in [1.82, 2.24) is 5.32 Å². The summed E-state index contributed by atoms with van der Waals surface area (Å²) in [7, 11) is 0. The fraction of sp³-hybridized carbons (Fsp3) is 0.389. The van der Waals surface area contributed by atoms with E-state index in [-0.39, 0.29) is 17.4 Å². The van der Waals surface area contributed by atoms with Crippen molar-refractivity contribution in [2.45, 2.75) is 39.7 Å². The number of amides is 1. The van der Waals surface area contributed by atoms with Crippen LogP contribution >= 0.6 is 0 Å². The lowest BCUT2D eigenvalue weighted by Crippen LogP contribution is -2.39. The van der Waals surface area contributed by atoms with Crippen molar-refractivity contribution in [3.63, 3.8) is 0 Å². The van der Waals surface area contributed by atoms with Crippen LogP contribution in [0.25, 0.3) is 11.0 Å². The SMILES string of the molecule is CC1=CC(NC(=O)c2cc3ccccc3o2)CC(C)(C)C1. The van der Waals surface area contributed by atoms with Crippen LogP contribution in [0.1, 0.15) is 44.2 Å². The molecule has 0 bridgehead atoms. The summed E-state index contributed by atoms with van der Waals surface area (Å²) in [5.41, 5.74) is 2.31. The quantitative estimate of drug-likeness (QED) is 0.835. The van der Waals surface area contributed by atoms with Gasteiger partial charge in [-0.15, -0.1) is 0 Å². The molecule has 0 aliphatic heterocycles. The minimum absolute atomic E-state index is 0.0782. The Morgan fingerprint density at radius 3 is 2.81 bits per heavy atom. The number of hydrogen-bond acceptors (Lipinski definition) is 2. The first kappa shape index (κ1) is 13.9. The normalized spacial score (nSPS) is 21.1. The van der Waals surface area contributed by atoms with Gasteiger partial charge in [0.1, 0.15) is 5.58 Å². The summed E-state index contributed by atoms with van der Waals surface area (Å²) in [6.07, 6.45) is 4.20. The topological polar surface area (TPSA) is 42.2 Å². The monoisotopic (exact) mass is 283 g/mol. The van der Waals surface area contributed by atoms with E-state index in [1.165, 1.54) is 5.57 Å². The summed E-state index contributed by atoms with van der Waals surface area (Å²) >= 11 is 0. The smallest absolute Gasteiger partial charge is 0.287 e. The fourth-order valence-corrected chi connectivity index (χ4v) is 3.31. The van der Waals surface area contributed by atoms with E-state index in [0.717, 1.165) is 23.8 Å². The van der Waals surface area contributed by atoms with Gasteiger partial charge in [-0.3, -0.25) is 4.79 Å². The van der Waals surface area contributed by atoms with Crippen molar-refractivity contribution in [1.29, 1.82) is 0 Å². The van der Waals surface area contributed by atoms with Gasteiger partial charge in [0.05, 0.1) is 0 Å². The van der Waals surface area contributed by atoms with Crippen LogP contribution in [0, 0.1) is 5.41 Å². The van der Waals surface area contributed by atoms with Gasteiger partial charge in [-0.25, -0.2) is 0 Å². The van der Waals surface area contributed by atoms with E-state index in [4.69, 9.17) is 4.42 Å². The molecular formula is C18H21NO2. The molecule has 3 heteroatoms. The van der Waals surface area contributed by atoms with Gasteiger partial charge >= 0.3 is 0 Å². The lowest BCUT2D eigenvalue weighted by molar-refractivity contribution is 0.0907. The zero-order valence-corrected chi connectivity index (χ0v) is 12.8. The van der Waals surface area contributed by atoms with E-state index in [9.17, 15) is 4.79 Å². The van der Waals surface area contributed by atoms with E-state index in [2.05, 4.69) is 32.2 Å². The molecule has 1 amide bonds. The van der Waals surface area contributed by atoms with E-state index in [1.807, 2.05) is 24.3 Å². The van der Waals surface area contributed by atoms with Gasteiger partial charge in [-0.1, -0.05) is 43.7 Å². The number of carbonyl (C=O) groups excluding carboxylic acids is 1. The third-order valence-corrected chi connectivity index (χ3v) is 3.98. The maximum Gasteiger partial charge on any atom is 0.287 e. The second kappa shape index (κ2) is 5.06. The molecule has 1 aliphatic rings. The Morgan fingerprint density at radius 2 is 2.10 bits per heavy atom. The van der Waals surface area contributed by atoms with Gasteiger partial charge in [0.25, 0.3) is 5.91 Å². The maximum absolute atomic E-state index is 12.4. The Balaban J connectivity index is 1.78. The Labute approximate surface area is 125 Å². The predicted molar refractivity (Wildman–Crippen MR) is 84.2 cm³/mol. The summed E-state index contributed by atoms with van der Waals surface area (Å²) in [4.78, 5) is 12.4. The Morgan fingerprint density at radius 1 is 1.33 bits per heavy atom. The minimum Gasteiger partial charge on any atom is -0.451 e. The molecule has 3 nitrogen and oxygen atoms in total. The molecule has 1 aromatic carbocycles. The highest BCUT2D eigenvalue weighted by atomic mass is 16.3. The number of furan rings is 1. The molecular weight excluding hydrogens is 262 g/mol.